The molecule has 40 heavy (non-hydrogen) atoms. The summed E-state index contributed by atoms with van der Waals surface area (Å²) in [5.74, 6) is -5.03. The number of allylic oxidation sites excluding steroid dienone is 1. The number of aliphatic carboxylic acids is 1. The van der Waals surface area contributed by atoms with Crippen LogP contribution >= 0.6 is 11.8 Å². The fraction of sp³-hybridized carbons (Fsp3) is 0.778. The molecule has 9 nitrogen and oxygen atoms in total. The molecular formula is C27H45F3N2O7S. The minimum absolute atomic E-state index is 0.120. The Bertz CT molecular complexity index is 797. The molecule has 3 N–H and O–H groups in total. The first-order chi connectivity index (χ1) is 18.8. The molecule has 0 rings (SSSR count). The van der Waals surface area contributed by atoms with Gasteiger partial charge in [-0.25, -0.2) is 9.69 Å². The number of unbranched alkanes of at least 4 members (excludes halogenated alkanes) is 10. The van der Waals surface area contributed by atoms with E-state index >= 15 is 0 Å². The second kappa shape index (κ2) is 21.5. The highest BCUT2D eigenvalue weighted by molar-refractivity contribution is 8.00. The van der Waals surface area contributed by atoms with Crippen molar-refractivity contribution >= 4 is 35.6 Å². The molecule has 1 unspecified atom stereocenters. The number of imide groups is 1. The minimum atomic E-state index is -5.26. The molecule has 0 aromatic rings. The Balaban J connectivity index is 5.13. The lowest BCUT2D eigenvalue weighted by Gasteiger charge is -2.25. The molecule has 232 valence electrons. The predicted molar refractivity (Wildman–Crippen MR) is 148 cm³/mol. The molecule has 0 aliphatic rings. The lowest BCUT2D eigenvalue weighted by atomic mass is 10.1. The average molecular weight is 599 g/mol. The molecule has 0 saturated carbocycles. The summed E-state index contributed by atoms with van der Waals surface area (Å²) in [5.41, 5.74) is 0. The first-order valence-electron chi connectivity index (χ1n) is 13.8. The molecule has 0 bridgehead atoms. The predicted octanol–water partition coefficient (Wildman–Crippen LogP) is 5.45. The smallest absolute Gasteiger partial charge is 0.471 e. The summed E-state index contributed by atoms with van der Waals surface area (Å²) >= 11 is 0.879. The van der Waals surface area contributed by atoms with Gasteiger partial charge in [-0.05, 0) is 19.3 Å². The molecule has 0 aromatic heterocycles. The highest BCUT2D eigenvalue weighted by atomic mass is 32.2. The summed E-state index contributed by atoms with van der Waals surface area (Å²) in [7, 11) is 1.98. The van der Waals surface area contributed by atoms with Gasteiger partial charge in [-0.1, -0.05) is 76.9 Å². The van der Waals surface area contributed by atoms with Crippen LogP contribution < -0.4 is 5.32 Å². The Labute approximate surface area is 239 Å². The third-order valence-electron chi connectivity index (χ3n) is 6.18. The largest absolute Gasteiger partial charge is 0.481 e. The van der Waals surface area contributed by atoms with Crippen LogP contribution in [0, 0.1) is 0 Å². The average Bonchev–Trinajstić information content (AvgIpc) is 2.90. The molecule has 0 aliphatic heterocycles. The van der Waals surface area contributed by atoms with Crippen molar-refractivity contribution < 1.29 is 47.3 Å². The number of likely N-dealkylation sites (N-methyl/N-ethyl adjacent to an activating group) is 1. The van der Waals surface area contributed by atoms with E-state index in [1.807, 2.05) is 6.08 Å². The van der Waals surface area contributed by atoms with Gasteiger partial charge in [0.05, 0.1) is 13.2 Å². The summed E-state index contributed by atoms with van der Waals surface area (Å²) in [6, 6.07) is -1.76. The van der Waals surface area contributed by atoms with Crippen molar-refractivity contribution in [3.8, 4) is 0 Å². The van der Waals surface area contributed by atoms with Crippen LogP contribution in [0.15, 0.2) is 12.2 Å². The van der Waals surface area contributed by atoms with Crippen LogP contribution in [0.25, 0.3) is 0 Å². The van der Waals surface area contributed by atoms with E-state index in [-0.39, 0.29) is 12.8 Å². The van der Waals surface area contributed by atoms with Crippen molar-refractivity contribution in [3.05, 3.63) is 12.2 Å². The van der Waals surface area contributed by atoms with Crippen molar-refractivity contribution in [1.29, 1.82) is 0 Å². The Kier molecular flexibility index (Phi) is 20.2. The topological polar surface area (TPSA) is 133 Å². The number of carbonyl (C=O) groups excluding carboxylic acids is 3. The molecular weight excluding hydrogens is 553 g/mol. The van der Waals surface area contributed by atoms with Crippen molar-refractivity contribution in [1.82, 2.24) is 10.2 Å². The number of thioether (sulfide) groups is 1. The number of nitrogens with one attached hydrogen (secondary N) is 1. The summed E-state index contributed by atoms with van der Waals surface area (Å²) in [6.07, 6.45) is 7.86. The van der Waals surface area contributed by atoms with Gasteiger partial charge >= 0.3 is 24.1 Å². The molecule has 13 heteroatoms. The molecule has 3 amide bonds. The van der Waals surface area contributed by atoms with Gasteiger partial charge in [0.2, 0.25) is 0 Å². The van der Waals surface area contributed by atoms with Crippen LogP contribution in [0.3, 0.4) is 0 Å². The van der Waals surface area contributed by atoms with Crippen LogP contribution in [0.4, 0.5) is 18.0 Å². The highest BCUT2D eigenvalue weighted by Crippen LogP contribution is 2.23. The lowest BCUT2D eigenvalue weighted by Crippen LogP contribution is -2.53. The van der Waals surface area contributed by atoms with E-state index < -0.39 is 53.2 Å². The van der Waals surface area contributed by atoms with E-state index in [0.29, 0.717) is 11.3 Å². The minimum Gasteiger partial charge on any atom is -0.481 e. The van der Waals surface area contributed by atoms with Gasteiger partial charge < -0.3 is 20.3 Å². The maximum absolute atomic E-state index is 12.9. The Morgan fingerprint density at radius 2 is 1.55 bits per heavy atom. The van der Waals surface area contributed by atoms with Crippen LogP contribution in [-0.2, 0) is 19.1 Å². The van der Waals surface area contributed by atoms with Crippen LogP contribution in [0.5, 0.6) is 0 Å². The highest BCUT2D eigenvalue weighted by Gasteiger charge is 2.42. The number of rotatable bonds is 21. The van der Waals surface area contributed by atoms with Crippen molar-refractivity contribution in [2.24, 2.45) is 0 Å². The Hall–Kier alpha value is -2.28. The van der Waals surface area contributed by atoms with Crippen molar-refractivity contribution in [3.63, 3.8) is 0 Å². The summed E-state index contributed by atoms with van der Waals surface area (Å²) in [5, 5.41) is 20.3. The second-order valence-corrected chi connectivity index (χ2v) is 10.8. The molecule has 0 aromatic carbocycles. The summed E-state index contributed by atoms with van der Waals surface area (Å²) < 4.78 is 43.0. The fourth-order valence-corrected chi connectivity index (χ4v) is 5.01. The summed E-state index contributed by atoms with van der Waals surface area (Å²) in [4.78, 5) is 47.3. The monoisotopic (exact) mass is 598 g/mol. The van der Waals surface area contributed by atoms with Crippen molar-refractivity contribution in [2.45, 2.75) is 114 Å². The first-order valence-corrected chi connectivity index (χ1v) is 14.8. The van der Waals surface area contributed by atoms with Gasteiger partial charge in [-0.3, -0.25) is 14.4 Å². The molecule has 0 spiro atoms. The maximum Gasteiger partial charge on any atom is 0.471 e. The Morgan fingerprint density at radius 3 is 2.05 bits per heavy atom. The number of methoxy groups -OCH3 is 1. The number of hydrogen-bond donors (Lipinski definition) is 3. The fourth-order valence-electron chi connectivity index (χ4n) is 3.79. The number of halogens is 3. The second-order valence-electron chi connectivity index (χ2n) is 9.59. The van der Waals surface area contributed by atoms with E-state index in [2.05, 4.69) is 11.7 Å². The lowest BCUT2D eigenvalue weighted by molar-refractivity contribution is -0.174. The van der Waals surface area contributed by atoms with Crippen LogP contribution in [0.1, 0.15) is 90.4 Å². The van der Waals surface area contributed by atoms with Crippen LogP contribution in [-0.4, -0.2) is 82.5 Å². The van der Waals surface area contributed by atoms with Crippen LogP contribution in [0.2, 0.25) is 0 Å². The maximum atomic E-state index is 12.9. The third kappa shape index (κ3) is 17.4. The van der Waals surface area contributed by atoms with Gasteiger partial charge in [0.15, 0.2) is 0 Å². The number of nitrogens with zero attached hydrogens (tertiary/aromatic N) is 1. The number of carboxylic acid groups (broad SMARTS) is 1. The van der Waals surface area contributed by atoms with Gasteiger partial charge in [0, 0.05) is 24.5 Å². The number of alkyl halides is 3. The van der Waals surface area contributed by atoms with E-state index in [9.17, 15) is 37.5 Å². The van der Waals surface area contributed by atoms with Gasteiger partial charge in [0.1, 0.15) is 6.04 Å². The van der Waals surface area contributed by atoms with Gasteiger partial charge in [-0.2, -0.15) is 13.2 Å². The molecule has 0 heterocycles. The number of aliphatic hydroxyl groups excluding tert-OH is 1. The normalized spacial score (nSPS) is 14.0. The number of carboxylic acids is 1. The SMILES string of the molecule is CCCCCCCCCCCC/C=C\[C@H](SCC(NC(=O)C(F)(F)F)C(=O)N(C)C(=O)OC)[C@H](O)CCC(=O)O. The number of aliphatic hydroxyl groups is 1. The number of ether oxygens (including phenoxy) is 1. The molecule has 0 saturated heterocycles. The zero-order valence-corrected chi connectivity index (χ0v) is 24.5. The molecule has 0 aliphatic carbocycles. The van der Waals surface area contributed by atoms with E-state index in [4.69, 9.17) is 5.11 Å². The van der Waals surface area contributed by atoms with E-state index in [0.717, 1.165) is 45.2 Å². The van der Waals surface area contributed by atoms with E-state index in [1.165, 1.54) is 44.9 Å². The zero-order chi connectivity index (χ0) is 30.6. The van der Waals surface area contributed by atoms with E-state index in [1.54, 1.807) is 11.4 Å². The van der Waals surface area contributed by atoms with Gasteiger partial charge in [0.25, 0.3) is 5.91 Å². The summed E-state index contributed by atoms with van der Waals surface area (Å²) in [6.45, 7) is 2.19. The number of carbonyl (C=O) groups is 4. The molecule has 3 atom stereocenters. The van der Waals surface area contributed by atoms with Gasteiger partial charge in [-0.15, -0.1) is 11.8 Å². The molecule has 0 fully saturated rings. The third-order valence-corrected chi connectivity index (χ3v) is 7.56. The molecule has 0 radical (unpaired) electrons. The zero-order valence-electron chi connectivity index (χ0n) is 23.7. The first kappa shape index (κ1) is 37.7. The Morgan fingerprint density at radius 1 is 1.00 bits per heavy atom. The number of hydrogen-bond acceptors (Lipinski definition) is 7. The standard InChI is InChI=1S/C27H45F3N2O7S/c1-4-5-6-7-8-9-10-11-12-13-14-15-16-22(21(33)17-18-23(34)35)40-19-20(31-25(37)27(28,29)30)24(36)32(2)26(38)39-3/h15-16,20-22,33H,4-14,17-19H2,1-3H3,(H,31,37)(H,34,35)/b16-15-/t20?,21-,22+/m1/s1. The van der Waals surface area contributed by atoms with Crippen molar-refractivity contribution in [2.75, 3.05) is 19.9 Å². The quantitative estimate of drug-likeness (QED) is 0.117. The number of amides is 3.